The molecule has 4 heteroatoms. The molecule has 0 aliphatic carbocycles. The van der Waals surface area contributed by atoms with Gasteiger partial charge in [0.05, 0.1) is 6.54 Å². The molecular weight excluding hydrogens is 192 g/mol. The molecule has 1 fully saturated rings. The quantitative estimate of drug-likeness (QED) is 0.705. The van der Waals surface area contributed by atoms with Gasteiger partial charge in [-0.25, -0.2) is 4.79 Å². The predicted molar refractivity (Wildman–Crippen MR) is 58.3 cm³/mol. The fourth-order valence-corrected chi connectivity index (χ4v) is 1.79. The second-order valence-corrected chi connectivity index (χ2v) is 5.22. The molecule has 0 aromatic carbocycles. The van der Waals surface area contributed by atoms with Crippen LogP contribution in [0.4, 0.5) is 4.79 Å². The van der Waals surface area contributed by atoms with E-state index in [2.05, 4.69) is 5.73 Å². The van der Waals surface area contributed by atoms with E-state index in [9.17, 15) is 4.79 Å². The Morgan fingerprint density at radius 3 is 2.73 bits per heavy atom. The smallest absolute Gasteiger partial charge is 0.410 e. The standard InChI is InChI=1S/C11H22N2O2/c1-11(2,3)15-10(14)13-6-4-5-9(7-12)8-13/h9H,4-8,12H2,1-3H3/p+1/t9-/m1/s1. The SMILES string of the molecule is CC(C)(C)OC(=O)N1CCC[C@H](C[NH3+])C1. The third kappa shape index (κ3) is 4.08. The molecule has 0 spiro atoms. The number of rotatable bonds is 1. The second-order valence-electron chi connectivity index (χ2n) is 5.22. The van der Waals surface area contributed by atoms with Gasteiger partial charge in [-0.2, -0.15) is 0 Å². The summed E-state index contributed by atoms with van der Waals surface area (Å²) in [6, 6.07) is 0. The van der Waals surface area contributed by atoms with E-state index in [1.165, 1.54) is 6.42 Å². The number of amides is 1. The van der Waals surface area contributed by atoms with Crippen molar-refractivity contribution >= 4 is 6.09 Å². The molecule has 0 radical (unpaired) electrons. The summed E-state index contributed by atoms with van der Waals surface area (Å²) in [6.07, 6.45) is 2.07. The van der Waals surface area contributed by atoms with Crippen LogP contribution in [0.5, 0.6) is 0 Å². The minimum absolute atomic E-state index is 0.180. The number of ether oxygens (including phenoxy) is 1. The van der Waals surface area contributed by atoms with Crippen molar-refractivity contribution < 1.29 is 15.3 Å². The van der Waals surface area contributed by atoms with Gasteiger partial charge in [0.1, 0.15) is 5.60 Å². The Balaban J connectivity index is 2.45. The Morgan fingerprint density at radius 2 is 2.20 bits per heavy atom. The van der Waals surface area contributed by atoms with Crippen LogP contribution in [0.1, 0.15) is 33.6 Å². The van der Waals surface area contributed by atoms with Gasteiger partial charge in [-0.3, -0.25) is 0 Å². The first kappa shape index (κ1) is 12.3. The van der Waals surface area contributed by atoms with Crippen molar-refractivity contribution in [1.82, 2.24) is 4.90 Å². The molecule has 1 amide bonds. The summed E-state index contributed by atoms with van der Waals surface area (Å²) in [5, 5.41) is 0. The van der Waals surface area contributed by atoms with Gasteiger partial charge in [-0.15, -0.1) is 0 Å². The van der Waals surface area contributed by atoms with E-state index in [0.717, 1.165) is 26.1 Å². The summed E-state index contributed by atoms with van der Waals surface area (Å²) in [6.45, 7) is 8.22. The van der Waals surface area contributed by atoms with Gasteiger partial charge < -0.3 is 15.4 Å². The number of quaternary nitrogens is 1. The first-order chi connectivity index (χ1) is 6.92. The lowest BCUT2D eigenvalue weighted by Gasteiger charge is -2.32. The third-order valence-electron chi connectivity index (χ3n) is 2.58. The molecular formula is C11H23N2O2+. The van der Waals surface area contributed by atoms with Crippen LogP contribution in [0.2, 0.25) is 0 Å². The summed E-state index contributed by atoms with van der Waals surface area (Å²) in [4.78, 5) is 13.6. The van der Waals surface area contributed by atoms with Crippen molar-refractivity contribution in [3.8, 4) is 0 Å². The molecule has 3 N–H and O–H groups in total. The third-order valence-corrected chi connectivity index (χ3v) is 2.58. The predicted octanol–water partition coefficient (Wildman–Crippen LogP) is 0.875. The zero-order valence-corrected chi connectivity index (χ0v) is 10.1. The van der Waals surface area contributed by atoms with Crippen LogP contribution in [0.3, 0.4) is 0 Å². The normalized spacial score (nSPS) is 22.7. The monoisotopic (exact) mass is 215 g/mol. The molecule has 0 aromatic heterocycles. The Hall–Kier alpha value is -0.770. The van der Waals surface area contributed by atoms with Crippen molar-refractivity contribution in [1.29, 1.82) is 0 Å². The van der Waals surface area contributed by atoms with Crippen molar-refractivity contribution in [2.45, 2.75) is 39.2 Å². The maximum atomic E-state index is 11.8. The zero-order chi connectivity index (χ0) is 11.5. The van der Waals surface area contributed by atoms with Crippen molar-refractivity contribution in [2.75, 3.05) is 19.6 Å². The average Bonchev–Trinajstić information content (AvgIpc) is 2.15. The Morgan fingerprint density at radius 1 is 1.53 bits per heavy atom. The molecule has 1 heterocycles. The molecule has 0 aromatic rings. The van der Waals surface area contributed by atoms with Crippen LogP contribution in [0.15, 0.2) is 0 Å². The largest absolute Gasteiger partial charge is 0.444 e. The second kappa shape index (κ2) is 4.84. The molecule has 1 aliphatic rings. The van der Waals surface area contributed by atoms with Crippen LogP contribution in [0.25, 0.3) is 0 Å². The van der Waals surface area contributed by atoms with Gasteiger partial charge in [-0.1, -0.05) is 0 Å². The van der Waals surface area contributed by atoms with Gasteiger partial charge in [0.25, 0.3) is 0 Å². The molecule has 1 rings (SSSR count). The van der Waals surface area contributed by atoms with E-state index in [1.54, 1.807) is 0 Å². The van der Waals surface area contributed by atoms with Crippen LogP contribution in [-0.2, 0) is 4.74 Å². The number of piperidine rings is 1. The number of hydrogen-bond acceptors (Lipinski definition) is 2. The van der Waals surface area contributed by atoms with Gasteiger partial charge in [0.2, 0.25) is 0 Å². The Bertz CT molecular complexity index is 223. The number of carbonyl (C=O) groups excluding carboxylic acids is 1. The number of hydrogen-bond donors (Lipinski definition) is 1. The van der Waals surface area contributed by atoms with Crippen LogP contribution in [0, 0.1) is 5.92 Å². The summed E-state index contributed by atoms with van der Waals surface area (Å²) in [5.41, 5.74) is 3.50. The fourth-order valence-electron chi connectivity index (χ4n) is 1.79. The number of nitrogens with zero attached hydrogens (tertiary/aromatic N) is 1. The summed E-state index contributed by atoms with van der Waals surface area (Å²) in [5.74, 6) is 0.547. The maximum absolute atomic E-state index is 11.8. The first-order valence-electron chi connectivity index (χ1n) is 5.69. The molecule has 1 atom stereocenters. The van der Waals surface area contributed by atoms with Crippen LogP contribution < -0.4 is 5.73 Å². The molecule has 0 saturated carbocycles. The lowest BCUT2D eigenvalue weighted by molar-refractivity contribution is -0.380. The molecule has 0 bridgehead atoms. The number of likely N-dealkylation sites (tertiary alicyclic amines) is 1. The van der Waals surface area contributed by atoms with Gasteiger partial charge >= 0.3 is 6.09 Å². The van der Waals surface area contributed by atoms with Gasteiger partial charge in [-0.05, 0) is 33.6 Å². The average molecular weight is 215 g/mol. The van der Waals surface area contributed by atoms with Crippen molar-refractivity contribution in [2.24, 2.45) is 5.92 Å². The van der Waals surface area contributed by atoms with Gasteiger partial charge in [0.15, 0.2) is 0 Å². The van der Waals surface area contributed by atoms with Crippen molar-refractivity contribution in [3.05, 3.63) is 0 Å². The highest BCUT2D eigenvalue weighted by atomic mass is 16.6. The molecule has 0 unspecified atom stereocenters. The Kier molecular flexibility index (Phi) is 3.97. The molecule has 1 saturated heterocycles. The summed E-state index contributed by atoms with van der Waals surface area (Å²) >= 11 is 0. The molecule has 4 nitrogen and oxygen atoms in total. The summed E-state index contributed by atoms with van der Waals surface area (Å²) in [7, 11) is 0. The minimum Gasteiger partial charge on any atom is -0.444 e. The lowest BCUT2D eigenvalue weighted by atomic mass is 9.99. The lowest BCUT2D eigenvalue weighted by Crippen LogP contribution is -2.57. The highest BCUT2D eigenvalue weighted by molar-refractivity contribution is 5.68. The first-order valence-corrected chi connectivity index (χ1v) is 5.69. The molecule has 88 valence electrons. The van der Waals surface area contributed by atoms with Gasteiger partial charge in [0, 0.05) is 19.0 Å². The van der Waals surface area contributed by atoms with E-state index < -0.39 is 5.60 Å². The highest BCUT2D eigenvalue weighted by Crippen LogP contribution is 2.17. The topological polar surface area (TPSA) is 57.2 Å². The van der Waals surface area contributed by atoms with Crippen LogP contribution in [-0.4, -0.2) is 36.2 Å². The van der Waals surface area contributed by atoms with E-state index in [4.69, 9.17) is 4.74 Å². The summed E-state index contributed by atoms with van der Waals surface area (Å²) < 4.78 is 5.34. The fraction of sp³-hybridized carbons (Fsp3) is 0.909. The Labute approximate surface area is 91.8 Å². The van der Waals surface area contributed by atoms with E-state index >= 15 is 0 Å². The zero-order valence-electron chi connectivity index (χ0n) is 10.1. The van der Waals surface area contributed by atoms with Crippen molar-refractivity contribution in [3.63, 3.8) is 0 Å². The van der Waals surface area contributed by atoms with Crippen LogP contribution >= 0.6 is 0 Å². The molecule has 1 aliphatic heterocycles. The van der Waals surface area contributed by atoms with E-state index in [1.807, 2.05) is 25.7 Å². The number of carbonyl (C=O) groups is 1. The highest BCUT2D eigenvalue weighted by Gasteiger charge is 2.27. The van der Waals surface area contributed by atoms with E-state index in [0.29, 0.717) is 5.92 Å². The maximum Gasteiger partial charge on any atom is 0.410 e. The minimum atomic E-state index is -0.394. The van der Waals surface area contributed by atoms with E-state index in [-0.39, 0.29) is 6.09 Å². The molecule has 15 heavy (non-hydrogen) atoms.